The third kappa shape index (κ3) is 2.25. The van der Waals surface area contributed by atoms with Gasteiger partial charge in [-0.3, -0.25) is 0 Å². The molecule has 0 radical (unpaired) electrons. The van der Waals surface area contributed by atoms with E-state index in [0.717, 1.165) is 6.42 Å². The van der Waals surface area contributed by atoms with Crippen molar-refractivity contribution in [2.45, 2.75) is 32.2 Å². The SMILES string of the molecule is CCC(N)C(C)c1c(F)cccc1Cl. The van der Waals surface area contributed by atoms with Gasteiger partial charge >= 0.3 is 0 Å². The highest BCUT2D eigenvalue weighted by atomic mass is 35.5. The van der Waals surface area contributed by atoms with Gasteiger partial charge in [0, 0.05) is 22.5 Å². The maximum atomic E-state index is 13.5. The smallest absolute Gasteiger partial charge is 0.128 e. The number of benzene rings is 1. The second kappa shape index (κ2) is 4.76. The van der Waals surface area contributed by atoms with Gasteiger partial charge < -0.3 is 5.73 Å². The van der Waals surface area contributed by atoms with E-state index in [2.05, 4.69) is 0 Å². The van der Waals surface area contributed by atoms with Gasteiger partial charge in [0.25, 0.3) is 0 Å². The monoisotopic (exact) mass is 215 g/mol. The lowest BCUT2D eigenvalue weighted by atomic mass is 9.92. The molecular formula is C11H15ClFN. The molecule has 0 saturated carbocycles. The molecule has 2 atom stereocenters. The Hall–Kier alpha value is -0.600. The van der Waals surface area contributed by atoms with Crippen molar-refractivity contribution in [2.24, 2.45) is 5.73 Å². The summed E-state index contributed by atoms with van der Waals surface area (Å²) in [6.45, 7) is 3.88. The number of hydrogen-bond acceptors (Lipinski definition) is 1. The van der Waals surface area contributed by atoms with Crippen molar-refractivity contribution in [1.82, 2.24) is 0 Å². The Morgan fingerprint density at radius 3 is 2.64 bits per heavy atom. The second-order valence-corrected chi connectivity index (χ2v) is 3.90. The third-order valence-electron chi connectivity index (χ3n) is 2.57. The molecule has 78 valence electrons. The van der Waals surface area contributed by atoms with E-state index in [-0.39, 0.29) is 17.8 Å². The fourth-order valence-electron chi connectivity index (χ4n) is 1.51. The van der Waals surface area contributed by atoms with E-state index in [0.29, 0.717) is 10.6 Å². The Kier molecular flexibility index (Phi) is 3.90. The predicted octanol–water partition coefficient (Wildman–Crippen LogP) is 3.32. The van der Waals surface area contributed by atoms with Crippen LogP contribution in [0.4, 0.5) is 4.39 Å². The van der Waals surface area contributed by atoms with Crippen molar-refractivity contribution < 1.29 is 4.39 Å². The molecule has 0 heterocycles. The van der Waals surface area contributed by atoms with Gasteiger partial charge in [-0.15, -0.1) is 0 Å². The summed E-state index contributed by atoms with van der Waals surface area (Å²) in [5.41, 5.74) is 6.39. The van der Waals surface area contributed by atoms with E-state index in [1.807, 2.05) is 13.8 Å². The molecule has 3 heteroatoms. The number of hydrogen-bond donors (Lipinski definition) is 1. The lowest BCUT2D eigenvalue weighted by Gasteiger charge is -2.20. The maximum Gasteiger partial charge on any atom is 0.128 e. The fourth-order valence-corrected chi connectivity index (χ4v) is 1.85. The number of halogens is 2. The van der Waals surface area contributed by atoms with Crippen molar-refractivity contribution in [3.05, 3.63) is 34.6 Å². The zero-order valence-electron chi connectivity index (χ0n) is 8.43. The molecule has 0 aliphatic heterocycles. The minimum absolute atomic E-state index is 0.0475. The van der Waals surface area contributed by atoms with Gasteiger partial charge in [-0.05, 0) is 18.6 Å². The normalized spacial score (nSPS) is 15.2. The van der Waals surface area contributed by atoms with E-state index in [4.69, 9.17) is 17.3 Å². The first-order valence-electron chi connectivity index (χ1n) is 4.77. The molecule has 14 heavy (non-hydrogen) atoms. The van der Waals surface area contributed by atoms with Gasteiger partial charge in [-0.25, -0.2) is 4.39 Å². The Bertz CT molecular complexity index is 294. The minimum Gasteiger partial charge on any atom is -0.327 e. The van der Waals surface area contributed by atoms with Crippen LogP contribution in [0.2, 0.25) is 5.02 Å². The van der Waals surface area contributed by atoms with Crippen LogP contribution in [-0.2, 0) is 0 Å². The summed E-state index contributed by atoms with van der Waals surface area (Å²) >= 11 is 5.93. The molecule has 0 amide bonds. The Balaban J connectivity index is 3.05. The molecule has 0 bridgehead atoms. The van der Waals surface area contributed by atoms with Crippen LogP contribution in [0.15, 0.2) is 18.2 Å². The van der Waals surface area contributed by atoms with Gasteiger partial charge in [-0.1, -0.05) is 31.5 Å². The first-order chi connectivity index (χ1) is 6.57. The summed E-state index contributed by atoms with van der Waals surface area (Å²) in [6.07, 6.45) is 0.811. The van der Waals surface area contributed by atoms with Crippen LogP contribution < -0.4 is 5.73 Å². The first-order valence-corrected chi connectivity index (χ1v) is 5.15. The highest BCUT2D eigenvalue weighted by Crippen LogP contribution is 2.29. The van der Waals surface area contributed by atoms with Crippen LogP contribution in [-0.4, -0.2) is 6.04 Å². The molecule has 0 fully saturated rings. The molecular weight excluding hydrogens is 201 g/mol. The zero-order valence-corrected chi connectivity index (χ0v) is 9.18. The Morgan fingerprint density at radius 1 is 1.50 bits per heavy atom. The average Bonchev–Trinajstić information content (AvgIpc) is 2.16. The summed E-state index contributed by atoms with van der Waals surface area (Å²) < 4.78 is 13.5. The van der Waals surface area contributed by atoms with Crippen LogP contribution in [0.1, 0.15) is 31.7 Å². The highest BCUT2D eigenvalue weighted by Gasteiger charge is 2.19. The van der Waals surface area contributed by atoms with Crippen LogP contribution in [0.5, 0.6) is 0 Å². The van der Waals surface area contributed by atoms with E-state index >= 15 is 0 Å². The molecule has 0 aromatic heterocycles. The fraction of sp³-hybridized carbons (Fsp3) is 0.455. The lowest BCUT2D eigenvalue weighted by molar-refractivity contribution is 0.517. The van der Waals surface area contributed by atoms with Crippen molar-refractivity contribution in [2.75, 3.05) is 0 Å². The van der Waals surface area contributed by atoms with Crippen LogP contribution in [0.25, 0.3) is 0 Å². The van der Waals surface area contributed by atoms with Crippen LogP contribution in [0.3, 0.4) is 0 Å². The van der Waals surface area contributed by atoms with Crippen molar-refractivity contribution >= 4 is 11.6 Å². The molecule has 1 aromatic rings. The largest absolute Gasteiger partial charge is 0.327 e. The topological polar surface area (TPSA) is 26.0 Å². The molecule has 0 saturated heterocycles. The molecule has 1 nitrogen and oxygen atoms in total. The second-order valence-electron chi connectivity index (χ2n) is 3.50. The van der Waals surface area contributed by atoms with Crippen LogP contribution >= 0.6 is 11.6 Å². The average molecular weight is 216 g/mol. The summed E-state index contributed by atoms with van der Waals surface area (Å²) in [4.78, 5) is 0. The molecule has 0 aliphatic carbocycles. The van der Waals surface area contributed by atoms with Gasteiger partial charge in [0.05, 0.1) is 0 Å². The summed E-state index contributed by atoms with van der Waals surface area (Å²) in [7, 11) is 0. The standard InChI is InChI=1S/C11H15ClFN/c1-3-10(14)7(2)11-8(12)5-4-6-9(11)13/h4-7,10H,3,14H2,1-2H3. The zero-order chi connectivity index (χ0) is 10.7. The van der Waals surface area contributed by atoms with Gasteiger partial charge in [0.1, 0.15) is 5.82 Å². The quantitative estimate of drug-likeness (QED) is 0.823. The first kappa shape index (κ1) is 11.5. The maximum absolute atomic E-state index is 13.5. The molecule has 1 rings (SSSR count). The van der Waals surface area contributed by atoms with Crippen molar-refractivity contribution in [3.63, 3.8) is 0 Å². The summed E-state index contributed by atoms with van der Waals surface area (Å²) in [6, 6.07) is 4.66. The Labute approximate surface area is 89.1 Å². The molecule has 0 spiro atoms. The third-order valence-corrected chi connectivity index (χ3v) is 2.90. The number of nitrogens with two attached hydrogens (primary N) is 1. The highest BCUT2D eigenvalue weighted by molar-refractivity contribution is 6.31. The van der Waals surface area contributed by atoms with E-state index < -0.39 is 0 Å². The minimum atomic E-state index is -0.270. The van der Waals surface area contributed by atoms with Crippen molar-refractivity contribution in [1.29, 1.82) is 0 Å². The van der Waals surface area contributed by atoms with Gasteiger partial charge in [-0.2, -0.15) is 0 Å². The van der Waals surface area contributed by atoms with Crippen molar-refractivity contribution in [3.8, 4) is 0 Å². The van der Waals surface area contributed by atoms with E-state index in [9.17, 15) is 4.39 Å². The summed E-state index contributed by atoms with van der Waals surface area (Å²) in [5.74, 6) is -0.317. The molecule has 0 aliphatic rings. The van der Waals surface area contributed by atoms with Gasteiger partial charge in [0.15, 0.2) is 0 Å². The van der Waals surface area contributed by atoms with E-state index in [1.54, 1.807) is 12.1 Å². The molecule has 2 N–H and O–H groups in total. The Morgan fingerprint density at radius 2 is 2.14 bits per heavy atom. The summed E-state index contributed by atoms with van der Waals surface area (Å²) in [5, 5.41) is 0.460. The van der Waals surface area contributed by atoms with E-state index in [1.165, 1.54) is 6.07 Å². The molecule has 2 unspecified atom stereocenters. The molecule has 1 aromatic carbocycles. The van der Waals surface area contributed by atoms with Gasteiger partial charge in [0.2, 0.25) is 0 Å². The number of rotatable bonds is 3. The lowest BCUT2D eigenvalue weighted by Crippen LogP contribution is -2.26. The van der Waals surface area contributed by atoms with Crippen LogP contribution in [0, 0.1) is 5.82 Å². The predicted molar refractivity (Wildman–Crippen MR) is 58.1 cm³/mol.